The quantitative estimate of drug-likeness (QED) is 0.868. The van der Waals surface area contributed by atoms with Crippen molar-refractivity contribution in [2.24, 2.45) is 0 Å². The Morgan fingerprint density at radius 3 is 2.83 bits per heavy atom. The molecule has 24 heavy (non-hydrogen) atoms. The minimum absolute atomic E-state index is 0.0830. The number of nitrogens with zero attached hydrogens (tertiary/aromatic N) is 3. The summed E-state index contributed by atoms with van der Waals surface area (Å²) in [7, 11) is 0. The van der Waals surface area contributed by atoms with E-state index in [2.05, 4.69) is 11.0 Å². The van der Waals surface area contributed by atoms with Crippen LogP contribution in [0.3, 0.4) is 0 Å². The maximum absolute atomic E-state index is 12.9. The van der Waals surface area contributed by atoms with Crippen LogP contribution in [0.5, 0.6) is 0 Å². The fraction of sp³-hybridized carbons (Fsp3) is 0.474. The number of amides is 1. The molecule has 2 aliphatic heterocycles. The van der Waals surface area contributed by atoms with Gasteiger partial charge in [0.25, 0.3) is 0 Å². The van der Waals surface area contributed by atoms with Crippen LogP contribution in [0.25, 0.3) is 10.9 Å². The van der Waals surface area contributed by atoms with Gasteiger partial charge in [-0.1, -0.05) is 18.2 Å². The van der Waals surface area contributed by atoms with Gasteiger partial charge in [0.15, 0.2) is 0 Å². The van der Waals surface area contributed by atoms with Gasteiger partial charge >= 0.3 is 6.03 Å². The van der Waals surface area contributed by atoms with E-state index in [-0.39, 0.29) is 17.9 Å². The number of rotatable bonds is 4. The maximum atomic E-state index is 12.9. The zero-order valence-electron chi connectivity index (χ0n) is 14.3. The van der Waals surface area contributed by atoms with Gasteiger partial charge in [0.05, 0.1) is 17.3 Å². The van der Waals surface area contributed by atoms with Crippen molar-refractivity contribution in [1.29, 1.82) is 0 Å². The third-order valence-corrected chi connectivity index (χ3v) is 5.41. The van der Waals surface area contributed by atoms with Crippen molar-refractivity contribution in [2.45, 2.75) is 32.7 Å². The van der Waals surface area contributed by atoms with Crippen LogP contribution in [0.2, 0.25) is 0 Å². The van der Waals surface area contributed by atoms with Crippen LogP contribution >= 0.6 is 0 Å². The molecule has 0 saturated carbocycles. The molecule has 1 amide bonds. The van der Waals surface area contributed by atoms with Gasteiger partial charge in [0.2, 0.25) is 0 Å². The van der Waals surface area contributed by atoms with Crippen molar-refractivity contribution >= 4 is 22.7 Å². The Balaban J connectivity index is 1.86. The molecule has 1 unspecified atom stereocenters. The Morgan fingerprint density at radius 2 is 2.08 bits per heavy atom. The summed E-state index contributed by atoms with van der Waals surface area (Å²) in [6.07, 6.45) is 1.52. The van der Waals surface area contributed by atoms with E-state index in [1.165, 1.54) is 10.9 Å². The van der Waals surface area contributed by atoms with Crippen LogP contribution in [0.15, 0.2) is 24.3 Å². The summed E-state index contributed by atoms with van der Waals surface area (Å²) in [5, 5.41) is 1.20. The van der Waals surface area contributed by atoms with E-state index in [1.54, 1.807) is 6.92 Å². The molecule has 1 atom stereocenters. The van der Waals surface area contributed by atoms with Crippen LogP contribution in [0.1, 0.15) is 37.6 Å². The number of fused-ring (bicyclic) bond motifs is 3. The average molecular weight is 325 g/mol. The van der Waals surface area contributed by atoms with Crippen molar-refractivity contribution in [3.05, 3.63) is 35.5 Å². The minimum atomic E-state index is 0.0830. The lowest BCUT2D eigenvalue weighted by Crippen LogP contribution is -2.51. The first-order valence-electron chi connectivity index (χ1n) is 8.76. The monoisotopic (exact) mass is 325 g/mol. The lowest BCUT2D eigenvalue weighted by atomic mass is 9.95. The van der Waals surface area contributed by atoms with Crippen LogP contribution in [0.4, 0.5) is 4.79 Å². The highest BCUT2D eigenvalue weighted by Gasteiger charge is 2.40. The number of aromatic nitrogens is 1. The van der Waals surface area contributed by atoms with E-state index in [4.69, 9.17) is 0 Å². The first kappa shape index (κ1) is 15.4. The van der Waals surface area contributed by atoms with Crippen molar-refractivity contribution in [1.82, 2.24) is 14.4 Å². The maximum Gasteiger partial charge on any atom is 0.328 e. The molecule has 4 rings (SSSR count). The highest BCUT2D eigenvalue weighted by Crippen LogP contribution is 2.40. The molecule has 1 aromatic carbocycles. The smallest absolute Gasteiger partial charge is 0.322 e. The van der Waals surface area contributed by atoms with Crippen LogP contribution < -0.4 is 0 Å². The van der Waals surface area contributed by atoms with Gasteiger partial charge in [-0.3, -0.25) is 14.3 Å². The normalized spacial score (nSPS) is 20.5. The zero-order valence-corrected chi connectivity index (χ0v) is 14.3. The second-order valence-electron chi connectivity index (χ2n) is 6.79. The number of benzene rings is 1. The second kappa shape index (κ2) is 5.74. The Morgan fingerprint density at radius 1 is 1.29 bits per heavy atom. The predicted octanol–water partition coefficient (Wildman–Crippen LogP) is 2.82. The van der Waals surface area contributed by atoms with Gasteiger partial charge in [0, 0.05) is 38.0 Å². The van der Waals surface area contributed by atoms with Crippen molar-refractivity contribution in [3.63, 3.8) is 0 Å². The molecule has 5 nitrogen and oxygen atoms in total. The summed E-state index contributed by atoms with van der Waals surface area (Å²) < 4.78 is 1.92. The van der Waals surface area contributed by atoms with Crippen LogP contribution in [-0.4, -0.2) is 52.4 Å². The summed E-state index contributed by atoms with van der Waals surface area (Å²) in [6.45, 7) is 6.82. The number of likely N-dealkylation sites (N-methyl/N-ethyl adjacent to an activating group) is 1. The molecule has 0 N–H and O–H groups in total. The van der Waals surface area contributed by atoms with Gasteiger partial charge in [-0.15, -0.1) is 0 Å². The molecule has 0 aliphatic carbocycles. The van der Waals surface area contributed by atoms with Gasteiger partial charge in [0.1, 0.15) is 5.78 Å². The SMILES string of the molecule is CCN1CC2c3c(c4ccccc4n3C1=O)CCN2CCC(C)=O. The summed E-state index contributed by atoms with van der Waals surface area (Å²) in [5.74, 6) is 0.223. The molecular formula is C19H23N3O2. The average Bonchev–Trinajstić information content (AvgIpc) is 2.92. The second-order valence-corrected chi connectivity index (χ2v) is 6.79. The van der Waals surface area contributed by atoms with E-state index in [0.717, 1.165) is 37.3 Å². The third kappa shape index (κ3) is 2.18. The van der Waals surface area contributed by atoms with E-state index in [1.807, 2.05) is 34.6 Å². The van der Waals surface area contributed by atoms with Crippen molar-refractivity contribution in [3.8, 4) is 0 Å². The Labute approximate surface area is 141 Å². The van der Waals surface area contributed by atoms with Crippen LogP contribution in [-0.2, 0) is 11.2 Å². The largest absolute Gasteiger partial charge is 0.328 e. The number of para-hydroxylation sites is 1. The van der Waals surface area contributed by atoms with Gasteiger partial charge in [-0.25, -0.2) is 4.79 Å². The number of carbonyl (C=O) groups excluding carboxylic acids is 2. The van der Waals surface area contributed by atoms with E-state index >= 15 is 0 Å². The molecular weight excluding hydrogens is 302 g/mol. The number of Topliss-reactive ketones (excluding diaryl/α,β-unsaturated/α-hetero) is 1. The minimum Gasteiger partial charge on any atom is -0.322 e. The number of carbonyl (C=O) groups is 2. The molecule has 2 aromatic rings. The van der Waals surface area contributed by atoms with Gasteiger partial charge in [-0.2, -0.15) is 0 Å². The summed E-state index contributed by atoms with van der Waals surface area (Å²) in [5.41, 5.74) is 3.49. The molecule has 0 fully saturated rings. The first-order valence-corrected chi connectivity index (χ1v) is 8.76. The molecule has 0 bridgehead atoms. The number of hydrogen-bond acceptors (Lipinski definition) is 3. The Hall–Kier alpha value is -2.14. The standard InChI is InChI=1S/C19H23N3O2/c1-3-20-12-17-18-15(9-11-21(17)10-8-13(2)23)14-6-4-5-7-16(14)22(18)19(20)24/h4-7,17H,3,8-12H2,1-2H3. The lowest BCUT2D eigenvalue weighted by molar-refractivity contribution is -0.117. The van der Waals surface area contributed by atoms with Crippen molar-refractivity contribution in [2.75, 3.05) is 26.2 Å². The molecule has 3 heterocycles. The van der Waals surface area contributed by atoms with Crippen LogP contribution in [0, 0.1) is 0 Å². The highest BCUT2D eigenvalue weighted by atomic mass is 16.2. The van der Waals surface area contributed by atoms with Gasteiger partial charge in [-0.05, 0) is 31.9 Å². The first-order chi connectivity index (χ1) is 11.6. The fourth-order valence-corrected chi connectivity index (χ4v) is 4.19. The summed E-state index contributed by atoms with van der Waals surface area (Å²) >= 11 is 0. The Kier molecular flexibility index (Phi) is 3.68. The van der Waals surface area contributed by atoms with Crippen molar-refractivity contribution < 1.29 is 9.59 Å². The van der Waals surface area contributed by atoms with E-state index < -0.39 is 0 Å². The highest BCUT2D eigenvalue weighted by molar-refractivity contribution is 5.96. The molecule has 1 aromatic heterocycles. The molecule has 0 saturated heterocycles. The van der Waals surface area contributed by atoms with E-state index in [9.17, 15) is 9.59 Å². The topological polar surface area (TPSA) is 45.6 Å². The third-order valence-electron chi connectivity index (χ3n) is 5.41. The molecule has 126 valence electrons. The molecule has 0 radical (unpaired) electrons. The Bertz CT molecular complexity index is 823. The summed E-state index contributed by atoms with van der Waals surface area (Å²) in [6, 6.07) is 8.49. The number of hydrogen-bond donors (Lipinski definition) is 0. The molecule has 2 aliphatic rings. The fourth-order valence-electron chi connectivity index (χ4n) is 4.19. The van der Waals surface area contributed by atoms with Gasteiger partial charge < -0.3 is 4.90 Å². The predicted molar refractivity (Wildman–Crippen MR) is 93.3 cm³/mol. The molecule has 0 spiro atoms. The van der Waals surface area contributed by atoms with E-state index in [0.29, 0.717) is 13.0 Å². The summed E-state index contributed by atoms with van der Waals surface area (Å²) in [4.78, 5) is 28.7. The molecule has 5 heteroatoms. The lowest BCUT2D eigenvalue weighted by Gasteiger charge is -2.42. The zero-order chi connectivity index (χ0) is 16.8. The number of ketones is 1.